The monoisotopic (exact) mass is 460 g/mol. The van der Waals surface area contributed by atoms with Crippen molar-refractivity contribution in [3.63, 3.8) is 0 Å². The van der Waals surface area contributed by atoms with E-state index in [1.165, 1.54) is 0 Å². The van der Waals surface area contributed by atoms with E-state index in [0.717, 1.165) is 27.7 Å². The number of nitrogens with one attached hydrogen (secondary N) is 1. The standard InChI is InChI=1S/C21H21BrN2O3S/c1-4-14-8-6-7-9-17(14)24-20(25)16(23-21(24)28)11-13-10-15(22)19(26-3)18(12-13)27-5-2/h6-12H,4-5H2,1-3H3,(H,23,28)/b16-11-. The van der Waals surface area contributed by atoms with Crippen molar-refractivity contribution < 1.29 is 14.3 Å². The van der Waals surface area contributed by atoms with Crippen LogP contribution in [0.15, 0.2) is 46.6 Å². The number of benzene rings is 2. The first-order valence-corrected chi connectivity index (χ1v) is 10.2. The van der Waals surface area contributed by atoms with Gasteiger partial charge in [-0.25, -0.2) is 0 Å². The molecule has 1 fully saturated rings. The quantitative estimate of drug-likeness (QED) is 0.500. The van der Waals surface area contributed by atoms with Crippen molar-refractivity contribution in [1.82, 2.24) is 5.32 Å². The smallest absolute Gasteiger partial charge is 0.281 e. The summed E-state index contributed by atoms with van der Waals surface area (Å²) in [4.78, 5) is 14.6. The van der Waals surface area contributed by atoms with E-state index in [-0.39, 0.29) is 5.91 Å². The number of thiocarbonyl (C=S) groups is 1. The van der Waals surface area contributed by atoms with Gasteiger partial charge in [-0.2, -0.15) is 0 Å². The predicted octanol–water partition coefficient (Wildman–Crippen LogP) is 4.68. The van der Waals surface area contributed by atoms with Crippen LogP contribution in [-0.4, -0.2) is 24.7 Å². The molecule has 0 aliphatic carbocycles. The molecule has 1 saturated heterocycles. The van der Waals surface area contributed by atoms with Crippen LogP contribution in [0.4, 0.5) is 5.69 Å². The summed E-state index contributed by atoms with van der Waals surface area (Å²) in [5.41, 5.74) is 3.07. The molecule has 0 unspecified atom stereocenters. The molecule has 3 rings (SSSR count). The number of ether oxygens (including phenoxy) is 2. The third-order valence-corrected chi connectivity index (χ3v) is 5.21. The van der Waals surface area contributed by atoms with Crippen molar-refractivity contribution in [2.75, 3.05) is 18.6 Å². The summed E-state index contributed by atoms with van der Waals surface area (Å²) in [5.74, 6) is 1.03. The lowest BCUT2D eigenvalue weighted by atomic mass is 10.1. The first-order valence-electron chi connectivity index (χ1n) is 8.95. The molecule has 1 N–H and O–H groups in total. The van der Waals surface area contributed by atoms with Crippen molar-refractivity contribution in [1.29, 1.82) is 0 Å². The lowest BCUT2D eigenvalue weighted by molar-refractivity contribution is -0.113. The van der Waals surface area contributed by atoms with Gasteiger partial charge in [-0.3, -0.25) is 9.69 Å². The number of halogens is 1. The van der Waals surface area contributed by atoms with Crippen molar-refractivity contribution >= 4 is 50.9 Å². The highest BCUT2D eigenvalue weighted by Gasteiger charge is 2.33. The van der Waals surface area contributed by atoms with Gasteiger partial charge in [0, 0.05) is 0 Å². The molecule has 0 aromatic heterocycles. The Morgan fingerprint density at radius 1 is 1.25 bits per heavy atom. The summed E-state index contributed by atoms with van der Waals surface area (Å²) in [6, 6.07) is 11.5. The van der Waals surface area contributed by atoms with E-state index in [4.69, 9.17) is 21.7 Å². The van der Waals surface area contributed by atoms with E-state index < -0.39 is 0 Å². The van der Waals surface area contributed by atoms with Gasteiger partial charge >= 0.3 is 0 Å². The molecule has 0 saturated carbocycles. The second-order valence-electron chi connectivity index (χ2n) is 6.08. The molecule has 2 aromatic carbocycles. The summed E-state index contributed by atoms with van der Waals surface area (Å²) < 4.78 is 11.8. The maximum atomic E-state index is 13.0. The highest BCUT2D eigenvalue weighted by molar-refractivity contribution is 9.10. The number of carbonyl (C=O) groups excluding carboxylic acids is 1. The molecule has 7 heteroatoms. The first kappa shape index (κ1) is 20.4. The fraction of sp³-hybridized carbons (Fsp3) is 0.238. The largest absolute Gasteiger partial charge is 0.492 e. The fourth-order valence-electron chi connectivity index (χ4n) is 3.08. The Morgan fingerprint density at radius 3 is 2.68 bits per heavy atom. The van der Waals surface area contributed by atoms with Gasteiger partial charge in [-0.1, -0.05) is 25.1 Å². The van der Waals surface area contributed by atoms with Crippen molar-refractivity contribution in [3.05, 3.63) is 57.7 Å². The van der Waals surface area contributed by atoms with Crippen LogP contribution < -0.4 is 19.7 Å². The number of methoxy groups -OCH3 is 1. The zero-order valence-corrected chi connectivity index (χ0v) is 18.3. The Labute approximate surface area is 178 Å². The van der Waals surface area contributed by atoms with Crippen LogP contribution >= 0.6 is 28.1 Å². The molecule has 2 aromatic rings. The second kappa shape index (κ2) is 8.75. The number of hydrogen-bond donors (Lipinski definition) is 1. The maximum Gasteiger partial charge on any atom is 0.281 e. The lowest BCUT2D eigenvalue weighted by Gasteiger charge is -2.17. The zero-order valence-electron chi connectivity index (χ0n) is 15.9. The second-order valence-corrected chi connectivity index (χ2v) is 7.32. The maximum absolute atomic E-state index is 13.0. The number of carbonyl (C=O) groups is 1. The van der Waals surface area contributed by atoms with E-state index >= 15 is 0 Å². The molecule has 5 nitrogen and oxygen atoms in total. The van der Waals surface area contributed by atoms with Gasteiger partial charge in [0.1, 0.15) is 5.70 Å². The Hall–Kier alpha value is -2.38. The normalized spacial score (nSPS) is 15.1. The minimum absolute atomic E-state index is 0.184. The molecule has 1 heterocycles. The van der Waals surface area contributed by atoms with Gasteiger partial charge < -0.3 is 14.8 Å². The predicted molar refractivity (Wildman–Crippen MR) is 119 cm³/mol. The van der Waals surface area contributed by atoms with Crippen LogP contribution in [0.5, 0.6) is 11.5 Å². The highest BCUT2D eigenvalue weighted by Crippen LogP contribution is 2.37. The van der Waals surface area contributed by atoms with Gasteiger partial charge in [-0.15, -0.1) is 0 Å². The van der Waals surface area contributed by atoms with E-state index in [2.05, 4.69) is 28.2 Å². The van der Waals surface area contributed by atoms with E-state index in [9.17, 15) is 4.79 Å². The summed E-state index contributed by atoms with van der Waals surface area (Å²) in [5, 5.41) is 3.40. The van der Waals surface area contributed by atoms with E-state index in [1.807, 2.05) is 43.3 Å². The number of nitrogens with zero attached hydrogens (tertiary/aromatic N) is 1. The molecule has 1 amide bonds. The number of hydrogen-bond acceptors (Lipinski definition) is 4. The van der Waals surface area contributed by atoms with Gasteiger partial charge in [0.25, 0.3) is 5.91 Å². The Bertz CT molecular complexity index is 959. The van der Waals surface area contributed by atoms with E-state index in [0.29, 0.717) is 28.9 Å². The molecule has 1 aliphatic heterocycles. The molecule has 1 aliphatic rings. The Kier molecular flexibility index (Phi) is 6.36. The van der Waals surface area contributed by atoms with Crippen LogP contribution in [0.25, 0.3) is 6.08 Å². The third-order valence-electron chi connectivity index (χ3n) is 4.34. The van der Waals surface area contributed by atoms with Crippen LogP contribution in [0.2, 0.25) is 0 Å². The van der Waals surface area contributed by atoms with Crippen LogP contribution in [0.3, 0.4) is 0 Å². The number of amides is 1. The van der Waals surface area contributed by atoms with Gasteiger partial charge in [-0.05, 0) is 76.9 Å². The molecular weight excluding hydrogens is 440 g/mol. The topological polar surface area (TPSA) is 50.8 Å². The molecule has 28 heavy (non-hydrogen) atoms. The number of para-hydroxylation sites is 1. The summed E-state index contributed by atoms with van der Waals surface area (Å²) >= 11 is 8.93. The lowest BCUT2D eigenvalue weighted by Crippen LogP contribution is -2.31. The Balaban J connectivity index is 1.98. The van der Waals surface area contributed by atoms with Gasteiger partial charge in [0.05, 0.1) is 23.9 Å². The minimum atomic E-state index is -0.184. The van der Waals surface area contributed by atoms with Crippen molar-refractivity contribution in [2.45, 2.75) is 20.3 Å². The van der Waals surface area contributed by atoms with Gasteiger partial charge in [0.15, 0.2) is 16.6 Å². The summed E-state index contributed by atoms with van der Waals surface area (Å²) in [7, 11) is 1.59. The SMILES string of the molecule is CCOc1cc(/C=C2\NC(=S)N(c3ccccc3CC)C2=O)cc(Br)c1OC. The summed E-state index contributed by atoms with van der Waals surface area (Å²) in [6.07, 6.45) is 2.57. The number of rotatable bonds is 6. The summed E-state index contributed by atoms with van der Waals surface area (Å²) in [6.45, 7) is 4.46. The zero-order chi connectivity index (χ0) is 20.3. The van der Waals surface area contributed by atoms with Crippen molar-refractivity contribution in [2.24, 2.45) is 0 Å². The highest BCUT2D eigenvalue weighted by atomic mass is 79.9. The molecule has 0 spiro atoms. The average molecular weight is 461 g/mol. The van der Waals surface area contributed by atoms with Crippen LogP contribution in [-0.2, 0) is 11.2 Å². The van der Waals surface area contributed by atoms with Crippen LogP contribution in [0.1, 0.15) is 25.0 Å². The molecular formula is C21H21BrN2O3S. The molecule has 146 valence electrons. The van der Waals surface area contributed by atoms with E-state index in [1.54, 1.807) is 18.1 Å². The Morgan fingerprint density at radius 2 is 2.00 bits per heavy atom. The van der Waals surface area contributed by atoms with Crippen LogP contribution in [0, 0.1) is 0 Å². The number of aryl methyl sites for hydroxylation is 1. The number of anilines is 1. The first-order chi connectivity index (χ1) is 13.5. The molecule has 0 radical (unpaired) electrons. The third kappa shape index (κ3) is 3.91. The van der Waals surface area contributed by atoms with Gasteiger partial charge in [0.2, 0.25) is 0 Å². The molecule has 0 bridgehead atoms. The molecule has 0 atom stereocenters. The van der Waals surface area contributed by atoms with Crippen molar-refractivity contribution in [3.8, 4) is 11.5 Å². The fourth-order valence-corrected chi connectivity index (χ4v) is 3.99. The average Bonchev–Trinajstić information content (AvgIpc) is 2.95. The minimum Gasteiger partial charge on any atom is -0.492 e.